The molecule has 0 amide bonds. The predicted molar refractivity (Wildman–Crippen MR) is 92.9 cm³/mol. The van der Waals surface area contributed by atoms with Crippen LogP contribution < -0.4 is 4.89 Å². The van der Waals surface area contributed by atoms with Crippen molar-refractivity contribution in [1.29, 1.82) is 0 Å². The molecule has 0 unspecified atom stereocenters. The minimum atomic E-state index is -1.51. The highest BCUT2D eigenvalue weighted by molar-refractivity contribution is 6.39. The summed E-state index contributed by atoms with van der Waals surface area (Å²) in [7, 11) is 0. The van der Waals surface area contributed by atoms with Crippen molar-refractivity contribution in [3.8, 4) is 5.75 Å². The zero-order valence-electron chi connectivity index (χ0n) is 13.6. The zero-order chi connectivity index (χ0) is 18.1. The first-order valence-corrected chi connectivity index (χ1v) is 8.02. The van der Waals surface area contributed by atoms with Gasteiger partial charge in [0.05, 0.1) is 0 Å². The number of carboxylic acids is 1. The number of carbonyl (C=O) groups excluding carboxylic acids is 1. The van der Waals surface area contributed by atoms with E-state index in [0.717, 1.165) is 11.1 Å². The number of benzene rings is 3. The Kier molecular flexibility index (Phi) is 3.78. The molecule has 0 radical (unpaired) electrons. The number of ketones is 1. The Balaban J connectivity index is 1.92. The van der Waals surface area contributed by atoms with Crippen LogP contribution in [0.3, 0.4) is 0 Å². The third-order valence-electron chi connectivity index (χ3n) is 4.43. The highest BCUT2D eigenvalue weighted by Gasteiger charge is 2.47. The lowest BCUT2D eigenvalue weighted by Crippen LogP contribution is -2.29. The minimum absolute atomic E-state index is 0.0387. The highest BCUT2D eigenvalue weighted by atomic mass is 17.2. The van der Waals surface area contributed by atoms with Gasteiger partial charge in [0.15, 0.2) is 11.4 Å². The van der Waals surface area contributed by atoms with E-state index in [1.807, 2.05) is 60.7 Å². The number of carboxylic acid groups (broad SMARTS) is 1. The summed E-state index contributed by atoms with van der Waals surface area (Å²) in [5.41, 5.74) is 1.47. The van der Waals surface area contributed by atoms with E-state index in [2.05, 4.69) is 0 Å². The summed E-state index contributed by atoms with van der Waals surface area (Å²) in [5.74, 6) is -2.18. The summed E-state index contributed by atoms with van der Waals surface area (Å²) in [6.45, 7) is 0. The molecule has 5 heteroatoms. The lowest BCUT2D eigenvalue weighted by atomic mass is 9.80. The lowest BCUT2D eigenvalue weighted by Gasteiger charge is -2.27. The summed E-state index contributed by atoms with van der Waals surface area (Å²) < 4.78 is 0. The van der Waals surface area contributed by atoms with E-state index in [-0.39, 0.29) is 5.56 Å². The number of aliphatic carboxylic acids is 1. The van der Waals surface area contributed by atoms with Crippen molar-refractivity contribution < 1.29 is 24.5 Å². The van der Waals surface area contributed by atoms with Crippen LogP contribution in [0.5, 0.6) is 5.75 Å². The minimum Gasteiger partial charge on any atom is -0.475 e. The molecule has 0 aliphatic carbocycles. The predicted octanol–water partition coefficient (Wildman–Crippen LogP) is 3.57. The number of hydrogen-bond donors (Lipinski definition) is 1. The molecule has 128 valence electrons. The molecule has 4 rings (SSSR count). The van der Waals surface area contributed by atoms with Gasteiger partial charge in [0.1, 0.15) is 0 Å². The van der Waals surface area contributed by atoms with Crippen molar-refractivity contribution in [3.05, 3.63) is 101 Å². The Morgan fingerprint density at radius 2 is 1.38 bits per heavy atom. The van der Waals surface area contributed by atoms with Crippen molar-refractivity contribution in [1.82, 2.24) is 0 Å². The Morgan fingerprint density at radius 3 is 1.92 bits per heavy atom. The average Bonchev–Trinajstić information content (AvgIpc) is 3.08. The van der Waals surface area contributed by atoms with E-state index in [0.29, 0.717) is 11.3 Å². The topological polar surface area (TPSA) is 72.8 Å². The summed E-state index contributed by atoms with van der Waals surface area (Å²) >= 11 is 0. The van der Waals surface area contributed by atoms with E-state index >= 15 is 0 Å². The molecule has 0 bridgehead atoms. The largest absolute Gasteiger partial charge is 0.475 e. The van der Waals surface area contributed by atoms with Crippen LogP contribution in [-0.4, -0.2) is 16.9 Å². The van der Waals surface area contributed by atoms with Crippen LogP contribution in [0.1, 0.15) is 27.0 Å². The monoisotopic (exact) mass is 346 g/mol. The van der Waals surface area contributed by atoms with Crippen LogP contribution in [-0.2, 0) is 15.3 Å². The van der Waals surface area contributed by atoms with Crippen molar-refractivity contribution in [2.24, 2.45) is 0 Å². The Hall–Kier alpha value is -3.44. The molecular formula is C21H14O5. The van der Waals surface area contributed by atoms with Crippen LogP contribution >= 0.6 is 0 Å². The fourth-order valence-electron chi connectivity index (χ4n) is 3.22. The van der Waals surface area contributed by atoms with Crippen LogP contribution in [0.4, 0.5) is 0 Å². The Morgan fingerprint density at radius 1 is 0.808 bits per heavy atom. The molecule has 5 nitrogen and oxygen atoms in total. The molecule has 0 aromatic heterocycles. The summed E-state index contributed by atoms with van der Waals surface area (Å²) in [5, 5.41) is 8.92. The van der Waals surface area contributed by atoms with Crippen LogP contribution in [0.2, 0.25) is 0 Å². The molecule has 26 heavy (non-hydrogen) atoms. The first-order chi connectivity index (χ1) is 12.6. The molecule has 0 saturated carbocycles. The maximum Gasteiger partial charge on any atom is 0.377 e. The van der Waals surface area contributed by atoms with Gasteiger partial charge in [-0.3, -0.25) is 4.79 Å². The van der Waals surface area contributed by atoms with E-state index in [4.69, 9.17) is 14.9 Å². The second-order valence-corrected chi connectivity index (χ2v) is 5.93. The summed E-state index contributed by atoms with van der Waals surface area (Å²) in [4.78, 5) is 34.0. The van der Waals surface area contributed by atoms with Gasteiger partial charge in [0.2, 0.25) is 0 Å². The quantitative estimate of drug-likeness (QED) is 0.444. The maximum absolute atomic E-state index is 11.7. The fraction of sp³-hybridized carbons (Fsp3) is 0.0476. The SMILES string of the molecule is O=C(O)C(=O)c1ccc2c(c1)OOC2(c1ccccc1)c1ccccc1. The molecule has 1 N–H and O–H groups in total. The molecule has 3 aromatic carbocycles. The summed E-state index contributed by atoms with van der Waals surface area (Å²) in [6.07, 6.45) is 0. The van der Waals surface area contributed by atoms with Gasteiger partial charge in [-0.15, -0.1) is 0 Å². The molecule has 0 saturated heterocycles. The molecule has 1 aliphatic rings. The van der Waals surface area contributed by atoms with Crippen molar-refractivity contribution in [2.45, 2.75) is 5.60 Å². The van der Waals surface area contributed by atoms with Gasteiger partial charge in [-0.1, -0.05) is 72.8 Å². The average molecular weight is 346 g/mol. The lowest BCUT2D eigenvalue weighted by molar-refractivity contribution is -0.244. The molecule has 3 aromatic rings. The molecule has 0 fully saturated rings. The van der Waals surface area contributed by atoms with Gasteiger partial charge >= 0.3 is 5.97 Å². The number of hydrogen-bond acceptors (Lipinski definition) is 4. The standard InChI is InChI=1S/C21H14O5/c22-19(20(23)24)14-11-12-17-18(13-14)25-26-21(17,15-7-3-1-4-8-15)16-9-5-2-6-10-16/h1-13H,(H,23,24). The first-order valence-electron chi connectivity index (χ1n) is 8.02. The van der Waals surface area contributed by atoms with Crippen LogP contribution in [0.25, 0.3) is 0 Å². The van der Waals surface area contributed by atoms with Crippen molar-refractivity contribution in [3.63, 3.8) is 0 Å². The molecule has 0 atom stereocenters. The van der Waals surface area contributed by atoms with E-state index < -0.39 is 17.4 Å². The normalized spacial score (nSPS) is 14.3. The van der Waals surface area contributed by atoms with E-state index in [1.54, 1.807) is 6.07 Å². The van der Waals surface area contributed by atoms with E-state index in [9.17, 15) is 9.59 Å². The number of Topliss-reactive ketones (excluding diaryl/α,β-unsaturated/α-hetero) is 1. The maximum atomic E-state index is 11.7. The number of carbonyl (C=O) groups is 2. The Bertz CT molecular complexity index is 940. The smallest absolute Gasteiger partial charge is 0.377 e. The second-order valence-electron chi connectivity index (χ2n) is 5.93. The van der Waals surface area contributed by atoms with Crippen molar-refractivity contribution >= 4 is 11.8 Å². The van der Waals surface area contributed by atoms with Crippen molar-refractivity contribution in [2.75, 3.05) is 0 Å². The highest BCUT2D eigenvalue weighted by Crippen LogP contribution is 2.49. The second kappa shape index (κ2) is 6.13. The van der Waals surface area contributed by atoms with Gasteiger partial charge in [0.25, 0.3) is 5.78 Å². The third-order valence-corrected chi connectivity index (χ3v) is 4.43. The number of rotatable bonds is 4. The van der Waals surface area contributed by atoms with Gasteiger partial charge in [0, 0.05) is 11.1 Å². The van der Waals surface area contributed by atoms with Gasteiger partial charge in [-0.2, -0.15) is 4.89 Å². The number of fused-ring (bicyclic) bond motifs is 1. The van der Waals surface area contributed by atoms with Crippen LogP contribution in [0.15, 0.2) is 78.9 Å². The van der Waals surface area contributed by atoms with Crippen LogP contribution in [0, 0.1) is 0 Å². The molecular weight excluding hydrogens is 332 g/mol. The van der Waals surface area contributed by atoms with Gasteiger partial charge in [-0.05, 0) is 17.2 Å². The zero-order valence-corrected chi connectivity index (χ0v) is 13.6. The molecule has 1 heterocycles. The first kappa shape index (κ1) is 16.1. The fourth-order valence-corrected chi connectivity index (χ4v) is 3.22. The Labute approximate surface area is 149 Å². The third kappa shape index (κ3) is 2.37. The van der Waals surface area contributed by atoms with E-state index in [1.165, 1.54) is 12.1 Å². The van der Waals surface area contributed by atoms with Gasteiger partial charge < -0.3 is 9.99 Å². The molecule has 1 aliphatic heterocycles. The van der Waals surface area contributed by atoms with Gasteiger partial charge in [-0.25, -0.2) is 4.79 Å². The molecule has 0 spiro atoms. The summed E-state index contributed by atoms with van der Waals surface area (Å²) in [6, 6.07) is 23.7.